The van der Waals surface area contributed by atoms with E-state index in [2.05, 4.69) is 23.8 Å². The van der Waals surface area contributed by atoms with E-state index in [9.17, 15) is 0 Å². The van der Waals surface area contributed by atoms with Crippen LogP contribution >= 0.6 is 11.6 Å². The van der Waals surface area contributed by atoms with Gasteiger partial charge in [-0.25, -0.2) is 0 Å². The zero-order valence-electron chi connectivity index (χ0n) is 12.7. The molecule has 0 unspecified atom stereocenters. The number of anilines is 1. The summed E-state index contributed by atoms with van der Waals surface area (Å²) in [5.41, 5.74) is 2.82. The van der Waals surface area contributed by atoms with Gasteiger partial charge >= 0.3 is 0 Å². The standard InChI is InChI=1S/C15H26ClN3/c1-5-15(6-2)7-9-19(10-8-15)14-13(11-16)12(3)17-18(14)4/h5-11H2,1-4H3. The molecule has 1 aliphatic rings. The summed E-state index contributed by atoms with van der Waals surface area (Å²) in [5.74, 6) is 1.78. The van der Waals surface area contributed by atoms with Crippen molar-refractivity contribution in [3.63, 3.8) is 0 Å². The lowest BCUT2D eigenvalue weighted by Gasteiger charge is -2.42. The third-order valence-electron chi connectivity index (χ3n) is 5.07. The monoisotopic (exact) mass is 283 g/mol. The fourth-order valence-corrected chi connectivity index (χ4v) is 3.70. The van der Waals surface area contributed by atoms with Crippen molar-refractivity contribution >= 4 is 17.4 Å². The topological polar surface area (TPSA) is 21.1 Å². The average Bonchev–Trinajstić information content (AvgIpc) is 2.73. The Morgan fingerprint density at radius 3 is 2.26 bits per heavy atom. The number of piperidine rings is 1. The number of rotatable bonds is 4. The second-order valence-corrected chi connectivity index (χ2v) is 6.11. The minimum absolute atomic E-state index is 0.554. The Labute approximate surface area is 121 Å². The van der Waals surface area contributed by atoms with Crippen LogP contribution in [0.2, 0.25) is 0 Å². The zero-order chi connectivity index (χ0) is 14.0. The highest BCUT2D eigenvalue weighted by Crippen LogP contribution is 2.40. The Balaban J connectivity index is 2.18. The van der Waals surface area contributed by atoms with E-state index in [4.69, 9.17) is 11.6 Å². The molecule has 0 spiro atoms. The molecule has 3 nitrogen and oxygen atoms in total. The summed E-state index contributed by atoms with van der Waals surface area (Å²) in [6.45, 7) is 8.97. The Hall–Kier alpha value is -0.700. The number of hydrogen-bond acceptors (Lipinski definition) is 2. The van der Waals surface area contributed by atoms with Crippen LogP contribution in [0.4, 0.5) is 5.82 Å². The van der Waals surface area contributed by atoms with E-state index in [0.717, 1.165) is 18.8 Å². The summed E-state index contributed by atoms with van der Waals surface area (Å²) in [6, 6.07) is 0. The minimum Gasteiger partial charge on any atom is -0.357 e. The van der Waals surface area contributed by atoms with Crippen molar-refractivity contribution < 1.29 is 0 Å². The summed E-state index contributed by atoms with van der Waals surface area (Å²) < 4.78 is 2.00. The maximum Gasteiger partial charge on any atom is 0.131 e. The molecule has 19 heavy (non-hydrogen) atoms. The van der Waals surface area contributed by atoms with Crippen molar-refractivity contribution in [3.05, 3.63) is 11.3 Å². The molecule has 0 saturated carbocycles. The van der Waals surface area contributed by atoms with Gasteiger partial charge in [-0.1, -0.05) is 26.7 Å². The number of aryl methyl sites for hydroxylation is 2. The van der Waals surface area contributed by atoms with Crippen LogP contribution in [-0.2, 0) is 12.9 Å². The lowest BCUT2D eigenvalue weighted by molar-refractivity contribution is 0.198. The van der Waals surface area contributed by atoms with Gasteiger partial charge in [-0.2, -0.15) is 5.10 Å². The molecule has 1 fully saturated rings. The lowest BCUT2D eigenvalue weighted by Crippen LogP contribution is -2.40. The smallest absolute Gasteiger partial charge is 0.131 e. The highest BCUT2D eigenvalue weighted by Gasteiger charge is 2.33. The Bertz CT molecular complexity index is 425. The summed E-state index contributed by atoms with van der Waals surface area (Å²) >= 11 is 6.10. The van der Waals surface area contributed by atoms with Crippen LogP contribution in [0.5, 0.6) is 0 Å². The molecule has 1 aromatic rings. The van der Waals surface area contributed by atoms with E-state index in [1.54, 1.807) is 0 Å². The number of alkyl halides is 1. The summed E-state index contributed by atoms with van der Waals surface area (Å²) in [4.78, 5) is 2.47. The molecule has 0 aromatic carbocycles. The van der Waals surface area contributed by atoms with Crippen LogP contribution in [0.15, 0.2) is 0 Å². The van der Waals surface area contributed by atoms with Gasteiger partial charge in [-0.3, -0.25) is 4.68 Å². The second kappa shape index (κ2) is 5.74. The molecule has 1 saturated heterocycles. The summed E-state index contributed by atoms with van der Waals surface area (Å²) in [5, 5.41) is 4.52. The van der Waals surface area contributed by atoms with E-state index in [1.165, 1.54) is 37.1 Å². The van der Waals surface area contributed by atoms with Crippen molar-refractivity contribution in [1.82, 2.24) is 9.78 Å². The lowest BCUT2D eigenvalue weighted by atomic mass is 9.74. The largest absolute Gasteiger partial charge is 0.357 e. The van der Waals surface area contributed by atoms with Crippen LogP contribution in [0.3, 0.4) is 0 Å². The Morgan fingerprint density at radius 1 is 1.21 bits per heavy atom. The molecule has 2 rings (SSSR count). The second-order valence-electron chi connectivity index (χ2n) is 5.84. The normalized spacial score (nSPS) is 18.9. The van der Waals surface area contributed by atoms with Gasteiger partial charge in [0, 0.05) is 25.7 Å². The molecule has 1 aliphatic heterocycles. The first kappa shape index (κ1) is 14.7. The van der Waals surface area contributed by atoms with E-state index < -0.39 is 0 Å². The Kier molecular flexibility index (Phi) is 4.44. The van der Waals surface area contributed by atoms with Crippen LogP contribution in [0.25, 0.3) is 0 Å². The van der Waals surface area contributed by atoms with Crippen molar-refractivity contribution in [2.75, 3.05) is 18.0 Å². The minimum atomic E-state index is 0.554. The van der Waals surface area contributed by atoms with Gasteiger partial charge in [-0.05, 0) is 25.2 Å². The summed E-state index contributed by atoms with van der Waals surface area (Å²) in [6.07, 6.45) is 5.16. The van der Waals surface area contributed by atoms with Gasteiger partial charge in [0.05, 0.1) is 11.6 Å². The molecule has 4 heteroatoms. The van der Waals surface area contributed by atoms with Crippen molar-refractivity contribution in [2.24, 2.45) is 12.5 Å². The quantitative estimate of drug-likeness (QED) is 0.782. The van der Waals surface area contributed by atoms with E-state index in [1.807, 2.05) is 18.7 Å². The molecular weight excluding hydrogens is 258 g/mol. The number of nitrogens with zero attached hydrogens (tertiary/aromatic N) is 3. The number of aromatic nitrogens is 2. The van der Waals surface area contributed by atoms with Crippen molar-refractivity contribution in [1.29, 1.82) is 0 Å². The molecule has 0 aliphatic carbocycles. The molecule has 0 amide bonds. The molecular formula is C15H26ClN3. The first-order chi connectivity index (χ1) is 9.06. The van der Waals surface area contributed by atoms with E-state index in [0.29, 0.717) is 11.3 Å². The van der Waals surface area contributed by atoms with E-state index >= 15 is 0 Å². The highest BCUT2D eigenvalue weighted by atomic mass is 35.5. The summed E-state index contributed by atoms with van der Waals surface area (Å²) in [7, 11) is 2.03. The third-order valence-corrected chi connectivity index (χ3v) is 5.34. The van der Waals surface area contributed by atoms with Gasteiger partial charge in [-0.15, -0.1) is 11.6 Å². The van der Waals surface area contributed by atoms with Gasteiger partial charge in [0.1, 0.15) is 5.82 Å². The predicted molar refractivity (Wildman–Crippen MR) is 82.0 cm³/mol. The molecule has 0 N–H and O–H groups in total. The number of hydrogen-bond donors (Lipinski definition) is 0. The molecule has 1 aromatic heterocycles. The van der Waals surface area contributed by atoms with Crippen molar-refractivity contribution in [3.8, 4) is 0 Å². The molecule has 0 radical (unpaired) electrons. The van der Waals surface area contributed by atoms with Crippen LogP contribution < -0.4 is 4.90 Å². The molecule has 0 atom stereocenters. The fourth-order valence-electron chi connectivity index (χ4n) is 3.39. The fraction of sp³-hybridized carbons (Fsp3) is 0.800. The van der Waals surface area contributed by atoms with E-state index in [-0.39, 0.29) is 0 Å². The van der Waals surface area contributed by atoms with Crippen LogP contribution in [-0.4, -0.2) is 22.9 Å². The SMILES string of the molecule is CCC1(CC)CCN(c2c(CCl)c(C)nn2C)CC1. The third kappa shape index (κ3) is 2.62. The van der Waals surface area contributed by atoms with Gasteiger partial charge < -0.3 is 4.90 Å². The Morgan fingerprint density at radius 2 is 1.79 bits per heavy atom. The molecule has 108 valence electrons. The maximum absolute atomic E-state index is 6.10. The highest BCUT2D eigenvalue weighted by molar-refractivity contribution is 6.17. The van der Waals surface area contributed by atoms with Crippen molar-refractivity contribution in [2.45, 2.75) is 52.3 Å². The van der Waals surface area contributed by atoms with Gasteiger partial charge in [0.15, 0.2) is 0 Å². The zero-order valence-corrected chi connectivity index (χ0v) is 13.4. The molecule has 0 bridgehead atoms. The first-order valence-electron chi connectivity index (χ1n) is 7.40. The predicted octanol–water partition coefficient (Wildman–Crippen LogP) is 3.87. The maximum atomic E-state index is 6.10. The van der Waals surface area contributed by atoms with Gasteiger partial charge in [0.2, 0.25) is 0 Å². The molecule has 2 heterocycles. The number of halogens is 1. The van der Waals surface area contributed by atoms with Gasteiger partial charge in [0.25, 0.3) is 0 Å². The van der Waals surface area contributed by atoms with Crippen LogP contribution in [0.1, 0.15) is 50.8 Å². The average molecular weight is 284 g/mol. The van der Waals surface area contributed by atoms with Crippen LogP contribution in [0, 0.1) is 12.3 Å². The first-order valence-corrected chi connectivity index (χ1v) is 7.93.